The van der Waals surface area contributed by atoms with Crippen molar-refractivity contribution in [2.24, 2.45) is 5.92 Å². The summed E-state index contributed by atoms with van der Waals surface area (Å²) >= 11 is 0. The van der Waals surface area contributed by atoms with Gasteiger partial charge in [0.15, 0.2) is 5.78 Å². The van der Waals surface area contributed by atoms with E-state index in [9.17, 15) is 9.59 Å². The van der Waals surface area contributed by atoms with Crippen molar-refractivity contribution in [3.05, 3.63) is 65.7 Å². The number of ketones is 1. The van der Waals surface area contributed by atoms with Crippen LogP contribution in [0.5, 0.6) is 0 Å². The molecule has 1 amide bonds. The van der Waals surface area contributed by atoms with Gasteiger partial charge >= 0.3 is 0 Å². The van der Waals surface area contributed by atoms with Gasteiger partial charge in [-0.05, 0) is 56.8 Å². The number of rotatable bonds is 7. The van der Waals surface area contributed by atoms with Crippen molar-refractivity contribution in [1.29, 1.82) is 0 Å². The van der Waals surface area contributed by atoms with E-state index in [1.807, 2.05) is 55.5 Å². The van der Waals surface area contributed by atoms with Crippen molar-refractivity contribution in [1.82, 2.24) is 4.90 Å². The van der Waals surface area contributed by atoms with Crippen molar-refractivity contribution in [2.45, 2.75) is 52.0 Å². The summed E-state index contributed by atoms with van der Waals surface area (Å²) in [5.41, 5.74) is 2.88. The lowest BCUT2D eigenvalue weighted by Gasteiger charge is -2.35. The van der Waals surface area contributed by atoms with Gasteiger partial charge in [-0.2, -0.15) is 0 Å². The lowest BCUT2D eigenvalue weighted by molar-refractivity contribution is -0.121. The molecule has 29 heavy (non-hydrogen) atoms. The maximum Gasteiger partial charge on any atom is 0.241 e. The minimum atomic E-state index is -0.215. The first-order valence-corrected chi connectivity index (χ1v) is 10.7. The van der Waals surface area contributed by atoms with Crippen molar-refractivity contribution < 1.29 is 9.59 Å². The molecule has 1 fully saturated rings. The van der Waals surface area contributed by atoms with Crippen LogP contribution < -0.4 is 5.32 Å². The number of likely N-dealkylation sites (tertiary alicyclic amines) is 1. The number of hydrogen-bond acceptors (Lipinski definition) is 3. The molecule has 0 spiro atoms. The molecule has 1 saturated heterocycles. The molecule has 2 unspecified atom stereocenters. The Balaban J connectivity index is 1.57. The molecule has 4 heteroatoms. The topological polar surface area (TPSA) is 49.4 Å². The predicted octanol–water partition coefficient (Wildman–Crippen LogP) is 5.12. The van der Waals surface area contributed by atoms with Crippen LogP contribution in [0.15, 0.2) is 54.6 Å². The molecule has 1 aliphatic rings. The van der Waals surface area contributed by atoms with E-state index < -0.39 is 0 Å². The standard InChI is InChI=1S/C25H32N2O2/c1-4-18(2)22-12-8-9-13-23(22)26-25(29)19(3)27-16-14-21(15-17-27)24(28)20-10-6-5-7-11-20/h5-13,18-19,21H,4,14-17H2,1-3H3,(H,26,29). The third kappa shape index (κ3) is 5.13. The summed E-state index contributed by atoms with van der Waals surface area (Å²) in [5.74, 6) is 0.704. The Morgan fingerprint density at radius 3 is 2.28 bits per heavy atom. The summed E-state index contributed by atoms with van der Waals surface area (Å²) in [6, 6.07) is 17.4. The normalized spacial score (nSPS) is 17.5. The Morgan fingerprint density at radius 1 is 1.00 bits per heavy atom. The molecule has 0 saturated carbocycles. The van der Waals surface area contributed by atoms with Gasteiger partial charge in [0.05, 0.1) is 6.04 Å². The number of benzene rings is 2. The van der Waals surface area contributed by atoms with Crippen LogP contribution in [0, 0.1) is 5.92 Å². The van der Waals surface area contributed by atoms with E-state index in [-0.39, 0.29) is 23.7 Å². The van der Waals surface area contributed by atoms with Crippen LogP contribution in [-0.2, 0) is 4.79 Å². The summed E-state index contributed by atoms with van der Waals surface area (Å²) in [6.45, 7) is 7.84. The third-order valence-electron chi connectivity index (χ3n) is 6.25. The Kier molecular flexibility index (Phi) is 7.21. The number of carbonyl (C=O) groups is 2. The van der Waals surface area contributed by atoms with Gasteiger partial charge in [0.2, 0.25) is 5.91 Å². The van der Waals surface area contributed by atoms with Gasteiger partial charge < -0.3 is 5.32 Å². The number of anilines is 1. The number of nitrogens with one attached hydrogen (secondary N) is 1. The monoisotopic (exact) mass is 392 g/mol. The Hall–Kier alpha value is -2.46. The molecule has 0 bridgehead atoms. The average Bonchev–Trinajstić information content (AvgIpc) is 2.78. The number of hydrogen-bond donors (Lipinski definition) is 1. The smallest absolute Gasteiger partial charge is 0.241 e. The summed E-state index contributed by atoms with van der Waals surface area (Å²) in [7, 11) is 0. The van der Waals surface area contributed by atoms with Crippen molar-refractivity contribution in [3.8, 4) is 0 Å². The van der Waals surface area contributed by atoms with Gasteiger partial charge in [0.25, 0.3) is 0 Å². The molecular weight excluding hydrogens is 360 g/mol. The second kappa shape index (κ2) is 9.84. The number of amides is 1. The van der Waals surface area contributed by atoms with Crippen LogP contribution >= 0.6 is 0 Å². The first-order valence-electron chi connectivity index (χ1n) is 10.7. The minimum Gasteiger partial charge on any atom is -0.324 e. The zero-order chi connectivity index (χ0) is 20.8. The maximum atomic E-state index is 12.9. The number of carbonyl (C=O) groups excluding carboxylic acids is 2. The highest BCUT2D eigenvalue weighted by atomic mass is 16.2. The Morgan fingerprint density at radius 2 is 1.62 bits per heavy atom. The lowest BCUT2D eigenvalue weighted by Crippen LogP contribution is -2.47. The molecule has 1 heterocycles. The van der Waals surface area contributed by atoms with E-state index in [1.165, 1.54) is 5.56 Å². The average molecular weight is 393 g/mol. The molecule has 2 aromatic carbocycles. The Bertz CT molecular complexity index is 826. The van der Waals surface area contributed by atoms with Crippen LogP contribution in [0.25, 0.3) is 0 Å². The molecule has 0 aliphatic carbocycles. The third-order valence-corrected chi connectivity index (χ3v) is 6.25. The first-order chi connectivity index (χ1) is 14.0. The zero-order valence-electron chi connectivity index (χ0n) is 17.7. The SMILES string of the molecule is CCC(C)c1ccccc1NC(=O)C(C)N1CCC(C(=O)c2ccccc2)CC1. The molecule has 0 radical (unpaired) electrons. The van der Waals surface area contributed by atoms with E-state index in [2.05, 4.69) is 30.1 Å². The van der Waals surface area contributed by atoms with E-state index in [0.717, 1.165) is 43.6 Å². The molecular formula is C25H32N2O2. The van der Waals surface area contributed by atoms with E-state index in [0.29, 0.717) is 5.92 Å². The summed E-state index contributed by atoms with van der Waals surface area (Å²) in [4.78, 5) is 27.8. The van der Waals surface area contributed by atoms with Crippen molar-refractivity contribution in [3.63, 3.8) is 0 Å². The summed E-state index contributed by atoms with van der Waals surface area (Å²) in [6.07, 6.45) is 2.63. The van der Waals surface area contributed by atoms with Gasteiger partial charge in [0.1, 0.15) is 0 Å². The molecule has 154 valence electrons. The van der Waals surface area contributed by atoms with E-state index in [4.69, 9.17) is 0 Å². The van der Waals surface area contributed by atoms with Crippen molar-refractivity contribution in [2.75, 3.05) is 18.4 Å². The van der Waals surface area contributed by atoms with Gasteiger partial charge in [-0.3, -0.25) is 14.5 Å². The molecule has 4 nitrogen and oxygen atoms in total. The fraction of sp³-hybridized carbons (Fsp3) is 0.440. The zero-order valence-corrected chi connectivity index (χ0v) is 17.7. The fourth-order valence-corrected chi connectivity index (χ4v) is 4.05. The molecule has 2 atom stereocenters. The maximum absolute atomic E-state index is 12.9. The molecule has 1 N–H and O–H groups in total. The highest BCUT2D eigenvalue weighted by Crippen LogP contribution is 2.27. The van der Waals surface area contributed by atoms with Crippen LogP contribution in [0.3, 0.4) is 0 Å². The predicted molar refractivity (Wildman–Crippen MR) is 118 cm³/mol. The fourth-order valence-electron chi connectivity index (χ4n) is 4.05. The number of nitrogens with zero attached hydrogens (tertiary/aromatic N) is 1. The number of Topliss-reactive ketones (excluding diaryl/α,β-unsaturated/α-hetero) is 1. The van der Waals surface area contributed by atoms with E-state index in [1.54, 1.807) is 0 Å². The van der Waals surface area contributed by atoms with Crippen LogP contribution in [0.4, 0.5) is 5.69 Å². The second-order valence-corrected chi connectivity index (χ2v) is 8.10. The minimum absolute atomic E-state index is 0.0218. The lowest BCUT2D eigenvalue weighted by atomic mass is 9.88. The number of piperidine rings is 1. The largest absolute Gasteiger partial charge is 0.324 e. The highest BCUT2D eigenvalue weighted by molar-refractivity contribution is 5.98. The van der Waals surface area contributed by atoms with Crippen molar-refractivity contribution >= 4 is 17.4 Å². The van der Waals surface area contributed by atoms with E-state index >= 15 is 0 Å². The van der Waals surface area contributed by atoms with Crippen LogP contribution in [-0.4, -0.2) is 35.7 Å². The number of para-hydroxylation sites is 1. The Labute approximate surface area is 174 Å². The van der Waals surface area contributed by atoms with Gasteiger partial charge in [-0.1, -0.05) is 62.4 Å². The highest BCUT2D eigenvalue weighted by Gasteiger charge is 2.30. The van der Waals surface area contributed by atoms with Gasteiger partial charge in [0, 0.05) is 17.2 Å². The molecule has 0 aromatic heterocycles. The van der Waals surface area contributed by atoms with Gasteiger partial charge in [-0.25, -0.2) is 0 Å². The molecule has 3 rings (SSSR count). The summed E-state index contributed by atoms with van der Waals surface area (Å²) in [5, 5.41) is 3.14. The van der Waals surface area contributed by atoms with Crippen LogP contribution in [0.1, 0.15) is 61.9 Å². The quantitative estimate of drug-likeness (QED) is 0.665. The molecule has 2 aromatic rings. The van der Waals surface area contributed by atoms with Gasteiger partial charge in [-0.15, -0.1) is 0 Å². The van der Waals surface area contributed by atoms with Crippen LogP contribution in [0.2, 0.25) is 0 Å². The molecule has 1 aliphatic heterocycles. The second-order valence-electron chi connectivity index (χ2n) is 8.10. The summed E-state index contributed by atoms with van der Waals surface area (Å²) < 4.78 is 0. The first kappa shape index (κ1) is 21.3.